The number of thiophene rings is 1. The summed E-state index contributed by atoms with van der Waals surface area (Å²) in [5.41, 5.74) is 2.39. The average Bonchev–Trinajstić information content (AvgIpc) is 3.45. The molecule has 7 heteroatoms. The number of carbonyl (C=O) groups is 1. The maximum atomic E-state index is 13.1. The van der Waals surface area contributed by atoms with Crippen molar-refractivity contribution in [2.24, 2.45) is 5.92 Å². The van der Waals surface area contributed by atoms with Gasteiger partial charge in [0, 0.05) is 49.6 Å². The molecule has 2 aromatic heterocycles. The van der Waals surface area contributed by atoms with Crippen LogP contribution < -0.4 is 4.90 Å². The molecule has 2 aliphatic rings. The minimum Gasteiger partial charge on any atom is -0.356 e. The molecular weight excluding hydrogens is 406 g/mol. The van der Waals surface area contributed by atoms with Gasteiger partial charge in [-0.3, -0.25) is 4.79 Å². The van der Waals surface area contributed by atoms with E-state index in [4.69, 9.17) is 0 Å². The van der Waals surface area contributed by atoms with Gasteiger partial charge >= 0.3 is 0 Å². The minimum absolute atomic E-state index is 0.112. The SMILES string of the molecule is CN1CCC(N(C)C(=O)C2CCN(c3ncnc4scc(-c5ccccc5)c34)CC2)C1. The van der Waals surface area contributed by atoms with E-state index >= 15 is 0 Å². The molecule has 2 fully saturated rings. The van der Waals surface area contributed by atoms with Gasteiger partial charge in [0.2, 0.25) is 5.91 Å². The van der Waals surface area contributed by atoms with Crippen molar-refractivity contribution < 1.29 is 4.79 Å². The third kappa shape index (κ3) is 3.92. The molecule has 1 unspecified atom stereocenters. The van der Waals surface area contributed by atoms with Gasteiger partial charge in [0.25, 0.3) is 0 Å². The fourth-order valence-corrected chi connectivity index (χ4v) is 5.87. The molecule has 0 saturated carbocycles. The summed E-state index contributed by atoms with van der Waals surface area (Å²) in [6, 6.07) is 10.8. The Kier molecular flexibility index (Phi) is 5.63. The zero-order valence-electron chi connectivity index (χ0n) is 18.2. The summed E-state index contributed by atoms with van der Waals surface area (Å²) >= 11 is 1.67. The molecule has 5 rings (SSSR count). The van der Waals surface area contributed by atoms with E-state index in [-0.39, 0.29) is 5.92 Å². The lowest BCUT2D eigenvalue weighted by atomic mass is 9.94. The molecule has 31 heavy (non-hydrogen) atoms. The number of rotatable bonds is 4. The first-order chi connectivity index (χ1) is 15.1. The van der Waals surface area contributed by atoms with Crippen molar-refractivity contribution in [2.45, 2.75) is 25.3 Å². The number of hydrogen-bond acceptors (Lipinski definition) is 6. The predicted octanol–water partition coefficient (Wildman–Crippen LogP) is 3.74. The first kappa shape index (κ1) is 20.4. The van der Waals surface area contributed by atoms with Crippen LogP contribution in [0.3, 0.4) is 0 Å². The van der Waals surface area contributed by atoms with Gasteiger partial charge in [0.1, 0.15) is 17.0 Å². The highest BCUT2D eigenvalue weighted by atomic mass is 32.1. The number of fused-ring (bicyclic) bond motifs is 1. The standard InChI is InChI=1S/C24H29N5OS/c1-27-11-10-19(14-27)28(2)24(30)18-8-12-29(13-9-18)22-21-20(17-6-4-3-5-7-17)15-31-23(21)26-16-25-22/h3-7,15-16,18-19H,8-14H2,1-2H3. The van der Waals surface area contributed by atoms with E-state index in [1.54, 1.807) is 17.7 Å². The number of likely N-dealkylation sites (N-methyl/N-ethyl adjacent to an activating group) is 2. The number of anilines is 1. The van der Waals surface area contributed by atoms with Crippen molar-refractivity contribution in [2.75, 3.05) is 45.2 Å². The van der Waals surface area contributed by atoms with Crippen LogP contribution in [0.2, 0.25) is 0 Å². The maximum Gasteiger partial charge on any atom is 0.225 e. The van der Waals surface area contributed by atoms with Crippen LogP contribution in [0, 0.1) is 5.92 Å². The summed E-state index contributed by atoms with van der Waals surface area (Å²) < 4.78 is 0. The van der Waals surface area contributed by atoms with Crippen LogP contribution in [0.4, 0.5) is 5.82 Å². The number of hydrogen-bond donors (Lipinski definition) is 0. The van der Waals surface area contributed by atoms with Crippen LogP contribution in [0.5, 0.6) is 0 Å². The van der Waals surface area contributed by atoms with E-state index < -0.39 is 0 Å². The Hall–Kier alpha value is -2.51. The lowest BCUT2D eigenvalue weighted by Gasteiger charge is -2.35. The molecule has 0 spiro atoms. The average molecular weight is 436 g/mol. The third-order valence-electron chi connectivity index (χ3n) is 6.84. The summed E-state index contributed by atoms with van der Waals surface area (Å²) in [6.45, 7) is 3.77. The summed E-state index contributed by atoms with van der Waals surface area (Å²) in [6.07, 6.45) is 4.51. The van der Waals surface area contributed by atoms with Gasteiger partial charge in [-0.2, -0.15) is 0 Å². The first-order valence-corrected chi connectivity index (χ1v) is 12.0. The number of carbonyl (C=O) groups excluding carboxylic acids is 1. The van der Waals surface area contributed by atoms with Crippen LogP contribution in [-0.4, -0.2) is 72.0 Å². The van der Waals surface area contributed by atoms with Crippen molar-refractivity contribution in [3.8, 4) is 11.1 Å². The van der Waals surface area contributed by atoms with Crippen LogP contribution in [0.25, 0.3) is 21.3 Å². The Labute approximate surface area is 187 Å². The monoisotopic (exact) mass is 435 g/mol. The number of aromatic nitrogens is 2. The third-order valence-corrected chi connectivity index (χ3v) is 7.73. The maximum absolute atomic E-state index is 13.1. The predicted molar refractivity (Wildman–Crippen MR) is 126 cm³/mol. The molecule has 1 aromatic carbocycles. The molecule has 162 valence electrons. The fraction of sp³-hybridized carbons (Fsp3) is 0.458. The van der Waals surface area contributed by atoms with E-state index in [0.29, 0.717) is 11.9 Å². The second-order valence-electron chi connectivity index (χ2n) is 8.81. The quantitative estimate of drug-likeness (QED) is 0.625. The Morgan fingerprint density at radius 1 is 1.10 bits per heavy atom. The Morgan fingerprint density at radius 2 is 1.87 bits per heavy atom. The number of nitrogens with zero attached hydrogens (tertiary/aromatic N) is 5. The molecule has 0 aliphatic carbocycles. The largest absolute Gasteiger partial charge is 0.356 e. The number of benzene rings is 1. The summed E-state index contributed by atoms with van der Waals surface area (Å²) in [5, 5.41) is 3.32. The van der Waals surface area contributed by atoms with Crippen LogP contribution in [0.15, 0.2) is 42.0 Å². The summed E-state index contributed by atoms with van der Waals surface area (Å²) in [4.78, 5) is 30.0. The van der Waals surface area contributed by atoms with Gasteiger partial charge in [-0.1, -0.05) is 30.3 Å². The van der Waals surface area contributed by atoms with Crippen molar-refractivity contribution in [1.82, 2.24) is 19.8 Å². The molecular formula is C24H29N5OS. The summed E-state index contributed by atoms with van der Waals surface area (Å²) in [7, 11) is 4.12. The van der Waals surface area contributed by atoms with Crippen molar-refractivity contribution in [3.63, 3.8) is 0 Å². The smallest absolute Gasteiger partial charge is 0.225 e. The van der Waals surface area contributed by atoms with E-state index in [2.05, 4.69) is 56.5 Å². The van der Waals surface area contributed by atoms with Gasteiger partial charge in [-0.25, -0.2) is 9.97 Å². The van der Waals surface area contributed by atoms with Gasteiger partial charge in [0.05, 0.1) is 5.39 Å². The molecule has 6 nitrogen and oxygen atoms in total. The van der Waals surface area contributed by atoms with E-state index in [1.807, 2.05) is 18.0 Å². The highest BCUT2D eigenvalue weighted by Gasteiger charge is 2.33. The number of likely N-dealkylation sites (tertiary alicyclic amines) is 1. The Bertz CT molecular complexity index is 1060. The fourth-order valence-electron chi connectivity index (χ4n) is 4.96. The summed E-state index contributed by atoms with van der Waals surface area (Å²) in [5.74, 6) is 1.43. The molecule has 4 heterocycles. The van der Waals surface area contributed by atoms with Crippen molar-refractivity contribution >= 4 is 33.3 Å². The highest BCUT2D eigenvalue weighted by Crippen LogP contribution is 2.38. The normalized spacial score (nSPS) is 20.5. The van der Waals surface area contributed by atoms with Crippen LogP contribution in [0.1, 0.15) is 19.3 Å². The Morgan fingerprint density at radius 3 is 2.58 bits per heavy atom. The van der Waals surface area contributed by atoms with Crippen LogP contribution >= 0.6 is 11.3 Å². The number of piperidine rings is 1. The highest BCUT2D eigenvalue weighted by molar-refractivity contribution is 7.17. The van der Waals surface area contributed by atoms with Gasteiger partial charge in [0.15, 0.2) is 0 Å². The molecule has 0 radical (unpaired) electrons. The second-order valence-corrected chi connectivity index (χ2v) is 9.67. The van der Waals surface area contributed by atoms with E-state index in [1.165, 1.54) is 11.1 Å². The first-order valence-electron chi connectivity index (χ1n) is 11.1. The minimum atomic E-state index is 0.112. The van der Waals surface area contributed by atoms with E-state index in [0.717, 1.165) is 61.5 Å². The van der Waals surface area contributed by atoms with E-state index in [9.17, 15) is 4.79 Å². The van der Waals surface area contributed by atoms with Gasteiger partial charge < -0.3 is 14.7 Å². The van der Waals surface area contributed by atoms with Crippen molar-refractivity contribution in [1.29, 1.82) is 0 Å². The Balaban J connectivity index is 1.33. The zero-order chi connectivity index (χ0) is 21.4. The lowest BCUT2D eigenvalue weighted by Crippen LogP contribution is -2.45. The topological polar surface area (TPSA) is 52.6 Å². The molecule has 0 N–H and O–H groups in total. The van der Waals surface area contributed by atoms with Crippen molar-refractivity contribution in [3.05, 3.63) is 42.0 Å². The molecule has 3 aromatic rings. The van der Waals surface area contributed by atoms with Gasteiger partial charge in [-0.05, 0) is 38.4 Å². The second kappa shape index (κ2) is 8.55. The van der Waals surface area contributed by atoms with Gasteiger partial charge in [-0.15, -0.1) is 11.3 Å². The molecule has 0 bridgehead atoms. The molecule has 2 aliphatic heterocycles. The number of amides is 1. The lowest BCUT2D eigenvalue weighted by molar-refractivity contribution is -0.136. The van der Waals surface area contributed by atoms with Crippen LogP contribution in [-0.2, 0) is 4.79 Å². The zero-order valence-corrected chi connectivity index (χ0v) is 19.0. The molecule has 2 saturated heterocycles. The molecule has 1 amide bonds. The molecule has 1 atom stereocenters.